The van der Waals surface area contributed by atoms with E-state index < -0.39 is 9.15 Å². The number of rotatable bonds is 15. The highest BCUT2D eigenvalue weighted by Gasteiger charge is 2.24. The Morgan fingerprint density at radius 3 is 2.30 bits per heavy atom. The Kier molecular flexibility index (Phi) is 11.9. The zero-order chi connectivity index (χ0) is 27.5. The summed E-state index contributed by atoms with van der Waals surface area (Å²) in [5.41, 5.74) is 4.01. The maximum atomic E-state index is 12.6. The Balaban J connectivity index is 2.10. The number of nitrogens with one attached hydrogen (secondary N) is 2. The van der Waals surface area contributed by atoms with Gasteiger partial charge in [0.15, 0.2) is 0 Å². The molecule has 0 aliphatic heterocycles. The third kappa shape index (κ3) is 10.0. The molecule has 0 fully saturated rings. The molecule has 0 aliphatic rings. The first kappa shape index (κ1) is 30.7. The minimum Gasteiger partial charge on any atom is -0.395 e. The van der Waals surface area contributed by atoms with Crippen LogP contribution in [-0.2, 0) is 14.6 Å². The molecule has 204 valence electrons. The lowest BCUT2D eigenvalue weighted by Gasteiger charge is -2.27. The van der Waals surface area contributed by atoms with E-state index in [1.165, 1.54) is 0 Å². The van der Waals surface area contributed by atoms with Gasteiger partial charge >= 0.3 is 9.15 Å². The van der Waals surface area contributed by atoms with Crippen LogP contribution in [0.5, 0.6) is 0 Å². The van der Waals surface area contributed by atoms with Gasteiger partial charge in [-0.3, -0.25) is 9.35 Å². The number of carbonyl (C=O) groups is 1. The maximum Gasteiger partial charge on any atom is 0.319 e. The van der Waals surface area contributed by atoms with Gasteiger partial charge in [0.25, 0.3) is 5.91 Å². The molecule has 2 rings (SSSR count). The van der Waals surface area contributed by atoms with E-state index in [4.69, 9.17) is 4.55 Å². The SMILES string of the molecule is CNc1ccc(C(=O)NCCSS(=O)(=O)O)cc1C(C)(C)C/C=C/c1ccc(N(CCO)CCO)cc1. The molecule has 2 aromatic rings. The number of amides is 1. The molecule has 0 atom stereocenters. The number of benzene rings is 2. The second-order valence-corrected chi connectivity index (χ2v) is 12.5. The van der Waals surface area contributed by atoms with E-state index in [9.17, 15) is 23.4 Å². The molecular formula is C26H37N3O6S2. The van der Waals surface area contributed by atoms with Gasteiger partial charge in [-0.1, -0.05) is 38.1 Å². The fourth-order valence-electron chi connectivity index (χ4n) is 3.88. The fourth-order valence-corrected chi connectivity index (χ4v) is 5.16. The molecule has 0 radical (unpaired) electrons. The van der Waals surface area contributed by atoms with Gasteiger partial charge in [-0.2, -0.15) is 8.42 Å². The van der Waals surface area contributed by atoms with Crippen molar-refractivity contribution in [3.05, 3.63) is 65.2 Å². The van der Waals surface area contributed by atoms with Crippen molar-refractivity contribution in [2.75, 3.05) is 55.9 Å². The number of aliphatic hydroxyl groups excluding tert-OH is 2. The zero-order valence-electron chi connectivity index (χ0n) is 21.5. The molecule has 1 amide bonds. The summed E-state index contributed by atoms with van der Waals surface area (Å²) in [5, 5.41) is 24.3. The predicted molar refractivity (Wildman–Crippen MR) is 152 cm³/mol. The van der Waals surface area contributed by atoms with Crippen molar-refractivity contribution in [1.82, 2.24) is 5.32 Å². The summed E-state index contributed by atoms with van der Waals surface area (Å²) in [6.07, 6.45) is 4.84. The molecule has 0 bridgehead atoms. The number of hydrogen-bond donors (Lipinski definition) is 5. The van der Waals surface area contributed by atoms with Crippen molar-refractivity contribution in [2.24, 2.45) is 0 Å². The van der Waals surface area contributed by atoms with Crippen LogP contribution in [0.2, 0.25) is 0 Å². The van der Waals surface area contributed by atoms with E-state index in [0.29, 0.717) is 35.9 Å². The second kappa shape index (κ2) is 14.4. The monoisotopic (exact) mass is 551 g/mol. The molecule has 37 heavy (non-hydrogen) atoms. The first-order valence-electron chi connectivity index (χ1n) is 12.0. The van der Waals surface area contributed by atoms with Crippen molar-refractivity contribution in [2.45, 2.75) is 25.7 Å². The Bertz CT molecular complexity index is 1150. The van der Waals surface area contributed by atoms with E-state index in [1.807, 2.05) is 54.4 Å². The first-order chi connectivity index (χ1) is 17.5. The van der Waals surface area contributed by atoms with Crippen molar-refractivity contribution < 1.29 is 28.0 Å². The molecular weight excluding hydrogens is 514 g/mol. The third-order valence-electron chi connectivity index (χ3n) is 5.84. The van der Waals surface area contributed by atoms with Crippen LogP contribution in [0.3, 0.4) is 0 Å². The van der Waals surface area contributed by atoms with Crippen molar-refractivity contribution in [1.29, 1.82) is 0 Å². The molecule has 0 saturated carbocycles. The number of hydrogen-bond acceptors (Lipinski definition) is 8. The average molecular weight is 552 g/mol. The highest BCUT2D eigenvalue weighted by molar-refractivity contribution is 8.69. The summed E-state index contributed by atoms with van der Waals surface area (Å²) < 4.78 is 30.4. The summed E-state index contributed by atoms with van der Waals surface area (Å²) in [4.78, 5) is 14.5. The Morgan fingerprint density at radius 1 is 1.08 bits per heavy atom. The molecule has 0 aromatic heterocycles. The van der Waals surface area contributed by atoms with Crippen LogP contribution in [0.25, 0.3) is 6.08 Å². The van der Waals surface area contributed by atoms with E-state index in [-0.39, 0.29) is 36.8 Å². The van der Waals surface area contributed by atoms with Gasteiger partial charge in [0.2, 0.25) is 0 Å². The topological polar surface area (TPSA) is 139 Å². The van der Waals surface area contributed by atoms with Gasteiger partial charge in [0.05, 0.1) is 13.2 Å². The van der Waals surface area contributed by atoms with Gasteiger partial charge in [-0.25, -0.2) is 0 Å². The van der Waals surface area contributed by atoms with E-state index in [2.05, 4.69) is 30.6 Å². The van der Waals surface area contributed by atoms with Crippen LogP contribution in [0.15, 0.2) is 48.5 Å². The summed E-state index contributed by atoms with van der Waals surface area (Å²) in [6, 6.07) is 13.3. The molecule has 11 heteroatoms. The van der Waals surface area contributed by atoms with Gasteiger partial charge in [0.1, 0.15) is 0 Å². The molecule has 0 heterocycles. The molecule has 0 aliphatic carbocycles. The lowest BCUT2D eigenvalue weighted by molar-refractivity contribution is 0.0956. The van der Waals surface area contributed by atoms with E-state index in [1.54, 1.807) is 6.07 Å². The number of aliphatic hydroxyl groups is 2. The Morgan fingerprint density at radius 2 is 1.73 bits per heavy atom. The molecule has 0 unspecified atom stereocenters. The highest BCUT2D eigenvalue weighted by atomic mass is 33.1. The lowest BCUT2D eigenvalue weighted by atomic mass is 9.79. The summed E-state index contributed by atoms with van der Waals surface area (Å²) in [5.74, 6) is -0.271. The molecule has 9 nitrogen and oxygen atoms in total. The number of carbonyl (C=O) groups excluding carboxylic acids is 1. The zero-order valence-corrected chi connectivity index (χ0v) is 23.1. The minimum absolute atomic E-state index is 0.0152. The van der Waals surface area contributed by atoms with Crippen LogP contribution >= 0.6 is 10.8 Å². The van der Waals surface area contributed by atoms with Crippen LogP contribution in [0, 0.1) is 0 Å². The predicted octanol–water partition coefficient (Wildman–Crippen LogP) is 3.17. The van der Waals surface area contributed by atoms with E-state index in [0.717, 1.165) is 22.5 Å². The standard InChI is InChI=1S/C26H37N3O6S2/c1-26(2,12-4-5-20-6-9-22(10-7-20)29(14-16-30)15-17-31)23-19-21(8-11-24(23)27-3)25(32)28-13-18-36-37(33,34)35/h4-11,19,27,30-31H,12-18H2,1-3H3,(H,28,32)(H,33,34,35)/b5-4+. The fraction of sp³-hybridized carbons (Fsp3) is 0.423. The van der Waals surface area contributed by atoms with Crippen LogP contribution in [0.1, 0.15) is 41.8 Å². The van der Waals surface area contributed by atoms with Crippen molar-refractivity contribution in [3.8, 4) is 0 Å². The molecule has 2 aromatic carbocycles. The minimum atomic E-state index is -4.13. The quantitative estimate of drug-likeness (QED) is 0.128. The van der Waals surface area contributed by atoms with Gasteiger partial charge in [-0.05, 0) is 64.1 Å². The van der Waals surface area contributed by atoms with Crippen LogP contribution in [-0.4, -0.2) is 74.7 Å². The van der Waals surface area contributed by atoms with Crippen LogP contribution in [0.4, 0.5) is 11.4 Å². The maximum absolute atomic E-state index is 12.6. The smallest absolute Gasteiger partial charge is 0.319 e. The van der Waals surface area contributed by atoms with Gasteiger partial charge < -0.3 is 25.7 Å². The Hall–Kier alpha value is -2.57. The average Bonchev–Trinajstić information content (AvgIpc) is 2.85. The number of allylic oxidation sites excluding steroid dienone is 1. The molecule has 0 saturated heterocycles. The third-order valence-corrected chi connectivity index (χ3v) is 7.90. The van der Waals surface area contributed by atoms with Gasteiger partial charge in [0, 0.05) is 49.4 Å². The van der Waals surface area contributed by atoms with Gasteiger partial charge in [-0.15, -0.1) is 0 Å². The first-order valence-corrected chi connectivity index (χ1v) is 14.9. The van der Waals surface area contributed by atoms with Crippen LogP contribution < -0.4 is 15.5 Å². The molecule has 5 N–H and O–H groups in total. The Labute approximate surface area is 223 Å². The normalized spacial score (nSPS) is 12.1. The van der Waals surface area contributed by atoms with Crippen molar-refractivity contribution in [3.63, 3.8) is 0 Å². The summed E-state index contributed by atoms with van der Waals surface area (Å²) in [7, 11) is -1.93. The van der Waals surface area contributed by atoms with Crippen molar-refractivity contribution >= 4 is 43.3 Å². The molecule has 0 spiro atoms. The highest BCUT2D eigenvalue weighted by Crippen LogP contribution is 2.34. The largest absolute Gasteiger partial charge is 0.395 e. The summed E-state index contributed by atoms with van der Waals surface area (Å²) >= 11 is 0. The summed E-state index contributed by atoms with van der Waals surface area (Å²) in [6.45, 7) is 5.25. The second-order valence-electron chi connectivity index (χ2n) is 9.03. The van der Waals surface area contributed by atoms with E-state index >= 15 is 0 Å². The number of anilines is 2. The number of nitrogens with zero attached hydrogens (tertiary/aromatic N) is 1. The lowest BCUT2D eigenvalue weighted by Crippen LogP contribution is -2.29.